The van der Waals surface area contributed by atoms with E-state index in [9.17, 15) is 23.5 Å². The average molecular weight is 441 g/mol. The molecule has 0 aliphatic carbocycles. The highest BCUT2D eigenvalue weighted by molar-refractivity contribution is 5.96. The first-order valence-corrected chi connectivity index (χ1v) is 10.2. The molecule has 3 atom stereocenters. The first-order chi connectivity index (χ1) is 15.4. The average Bonchev–Trinajstić information content (AvgIpc) is 3.27. The van der Waals surface area contributed by atoms with Crippen LogP contribution in [-0.4, -0.2) is 38.3 Å². The SMILES string of the molecule is O=C1c2c(O)c(=O)cnn2C([C@H](c2ccc(F)cc2)c2cccc(F)c2F)[C@H]2CCCN12. The third kappa shape index (κ3) is 2.99. The molecule has 6 nitrogen and oxygen atoms in total. The lowest BCUT2D eigenvalue weighted by Crippen LogP contribution is -2.51. The van der Waals surface area contributed by atoms with E-state index in [0.717, 1.165) is 12.3 Å². The molecule has 1 unspecified atom stereocenters. The van der Waals surface area contributed by atoms with Crippen LogP contribution in [0.15, 0.2) is 53.5 Å². The molecule has 0 bridgehead atoms. The van der Waals surface area contributed by atoms with Crippen molar-refractivity contribution in [1.29, 1.82) is 0 Å². The van der Waals surface area contributed by atoms with Gasteiger partial charge >= 0.3 is 0 Å². The summed E-state index contributed by atoms with van der Waals surface area (Å²) in [5.41, 5.74) is -0.609. The number of nitrogens with zero attached hydrogens (tertiary/aromatic N) is 3. The van der Waals surface area contributed by atoms with Crippen molar-refractivity contribution in [3.8, 4) is 5.75 Å². The van der Waals surface area contributed by atoms with Crippen LogP contribution in [0.25, 0.3) is 0 Å². The van der Waals surface area contributed by atoms with E-state index in [1.807, 2.05) is 0 Å². The Morgan fingerprint density at radius 3 is 2.56 bits per heavy atom. The summed E-state index contributed by atoms with van der Waals surface area (Å²) in [7, 11) is 0. The summed E-state index contributed by atoms with van der Waals surface area (Å²) in [6, 6.07) is 7.99. The maximum Gasteiger partial charge on any atom is 0.276 e. The molecule has 2 aliphatic rings. The molecular weight excluding hydrogens is 423 g/mol. The van der Waals surface area contributed by atoms with Crippen molar-refractivity contribution < 1.29 is 23.1 Å². The highest BCUT2D eigenvalue weighted by atomic mass is 19.2. The van der Waals surface area contributed by atoms with Gasteiger partial charge in [0, 0.05) is 18.0 Å². The Labute approximate surface area is 180 Å². The van der Waals surface area contributed by atoms with Gasteiger partial charge < -0.3 is 10.0 Å². The Balaban J connectivity index is 1.81. The van der Waals surface area contributed by atoms with E-state index in [4.69, 9.17) is 0 Å². The number of amides is 1. The van der Waals surface area contributed by atoms with Crippen molar-refractivity contribution in [2.75, 3.05) is 6.54 Å². The molecule has 1 amide bonds. The number of fused-ring (bicyclic) bond motifs is 2. The number of carbonyl (C=O) groups excluding carboxylic acids is 1. The normalized spacial score (nSPS) is 20.7. The Morgan fingerprint density at radius 1 is 1.06 bits per heavy atom. The molecule has 0 saturated carbocycles. The topological polar surface area (TPSA) is 75.4 Å². The predicted octanol–water partition coefficient (Wildman–Crippen LogP) is 3.36. The molecule has 0 spiro atoms. The number of aromatic nitrogens is 2. The third-order valence-corrected chi connectivity index (χ3v) is 6.31. The highest BCUT2D eigenvalue weighted by Gasteiger charge is 2.48. The van der Waals surface area contributed by atoms with Crippen molar-refractivity contribution in [3.05, 3.63) is 93.2 Å². The standard InChI is InChI=1S/C23H18F3N3O3/c24-13-8-6-12(7-9-13)18(14-3-1-4-15(25)19(14)26)20-16-5-2-10-28(16)23(32)21-22(31)17(30)11-27-29(20)21/h1,3-4,6-9,11,16,18,20,31H,2,5,10H2/t16-,18-,20?/m1/s1. The van der Waals surface area contributed by atoms with E-state index in [-0.39, 0.29) is 11.3 Å². The highest BCUT2D eigenvalue weighted by Crippen LogP contribution is 2.46. The minimum Gasteiger partial charge on any atom is -0.502 e. The van der Waals surface area contributed by atoms with Gasteiger partial charge in [-0.15, -0.1) is 0 Å². The van der Waals surface area contributed by atoms with E-state index in [2.05, 4.69) is 5.10 Å². The maximum absolute atomic E-state index is 15.1. The Kier molecular flexibility index (Phi) is 4.76. The van der Waals surface area contributed by atoms with Crippen molar-refractivity contribution in [1.82, 2.24) is 14.7 Å². The summed E-state index contributed by atoms with van der Waals surface area (Å²) in [4.78, 5) is 26.6. The smallest absolute Gasteiger partial charge is 0.276 e. The molecular formula is C23H18F3N3O3. The molecule has 2 aliphatic heterocycles. The minimum absolute atomic E-state index is 0.00810. The molecule has 2 aromatic carbocycles. The first kappa shape index (κ1) is 20.3. The second kappa shape index (κ2) is 7.51. The quantitative estimate of drug-likeness (QED) is 0.677. The second-order valence-corrected chi connectivity index (χ2v) is 8.02. The van der Waals surface area contributed by atoms with E-state index in [1.54, 1.807) is 0 Å². The molecule has 3 heterocycles. The van der Waals surface area contributed by atoms with E-state index >= 15 is 4.39 Å². The number of hydrogen-bond acceptors (Lipinski definition) is 4. The van der Waals surface area contributed by atoms with Crippen LogP contribution >= 0.6 is 0 Å². The number of carbonyl (C=O) groups is 1. The zero-order valence-corrected chi connectivity index (χ0v) is 16.7. The predicted molar refractivity (Wildman–Crippen MR) is 108 cm³/mol. The monoisotopic (exact) mass is 441 g/mol. The van der Waals surface area contributed by atoms with Crippen LogP contribution in [0.1, 0.15) is 46.4 Å². The minimum atomic E-state index is -1.06. The summed E-state index contributed by atoms with van der Waals surface area (Å²) in [6.07, 6.45) is 2.13. The first-order valence-electron chi connectivity index (χ1n) is 10.2. The van der Waals surface area contributed by atoms with Gasteiger partial charge in [-0.05, 0) is 36.6 Å². The fourth-order valence-electron chi connectivity index (χ4n) is 4.94. The number of aromatic hydroxyl groups is 1. The molecule has 0 radical (unpaired) electrons. The number of rotatable bonds is 3. The summed E-state index contributed by atoms with van der Waals surface area (Å²) < 4.78 is 44.2. The van der Waals surface area contributed by atoms with Gasteiger partial charge in [-0.3, -0.25) is 14.3 Å². The van der Waals surface area contributed by atoms with Crippen molar-refractivity contribution in [2.45, 2.75) is 30.8 Å². The van der Waals surface area contributed by atoms with E-state index in [0.29, 0.717) is 24.9 Å². The summed E-state index contributed by atoms with van der Waals surface area (Å²) in [5, 5.41) is 14.5. The summed E-state index contributed by atoms with van der Waals surface area (Å²) >= 11 is 0. The molecule has 1 aromatic heterocycles. The molecule has 5 rings (SSSR count). The Bertz CT molecular complexity index is 1280. The Morgan fingerprint density at radius 2 is 1.81 bits per heavy atom. The molecule has 1 N–H and O–H groups in total. The van der Waals surface area contributed by atoms with Gasteiger partial charge in [0.1, 0.15) is 5.82 Å². The van der Waals surface area contributed by atoms with Gasteiger partial charge in [0.2, 0.25) is 5.43 Å². The summed E-state index contributed by atoms with van der Waals surface area (Å²) in [5.74, 6) is -4.75. The van der Waals surface area contributed by atoms with Crippen LogP contribution in [0.2, 0.25) is 0 Å². The van der Waals surface area contributed by atoms with Crippen molar-refractivity contribution in [2.24, 2.45) is 0 Å². The van der Waals surface area contributed by atoms with Gasteiger partial charge in [0.25, 0.3) is 5.91 Å². The van der Waals surface area contributed by atoms with Gasteiger partial charge in [0.15, 0.2) is 23.1 Å². The van der Waals surface area contributed by atoms with Gasteiger partial charge in [-0.1, -0.05) is 24.3 Å². The molecule has 1 saturated heterocycles. The summed E-state index contributed by atoms with van der Waals surface area (Å²) in [6.45, 7) is 0.393. The number of halogens is 3. The lowest BCUT2D eigenvalue weighted by atomic mass is 9.79. The van der Waals surface area contributed by atoms with Crippen LogP contribution < -0.4 is 5.43 Å². The van der Waals surface area contributed by atoms with E-state index in [1.165, 1.54) is 46.0 Å². The van der Waals surface area contributed by atoms with Gasteiger partial charge in [0.05, 0.1) is 18.3 Å². The van der Waals surface area contributed by atoms with Gasteiger partial charge in [-0.2, -0.15) is 5.10 Å². The second-order valence-electron chi connectivity index (χ2n) is 8.02. The fraction of sp³-hybridized carbons (Fsp3) is 0.261. The largest absolute Gasteiger partial charge is 0.502 e. The molecule has 3 aromatic rings. The van der Waals surface area contributed by atoms with Crippen LogP contribution in [0.5, 0.6) is 5.75 Å². The van der Waals surface area contributed by atoms with Crippen LogP contribution in [0, 0.1) is 17.5 Å². The van der Waals surface area contributed by atoms with Crippen LogP contribution in [-0.2, 0) is 0 Å². The molecule has 164 valence electrons. The van der Waals surface area contributed by atoms with Crippen molar-refractivity contribution in [3.63, 3.8) is 0 Å². The Hall–Kier alpha value is -3.62. The van der Waals surface area contributed by atoms with Crippen LogP contribution in [0.3, 0.4) is 0 Å². The number of hydrogen-bond donors (Lipinski definition) is 1. The molecule has 1 fully saturated rings. The molecule has 32 heavy (non-hydrogen) atoms. The lowest BCUT2D eigenvalue weighted by Gasteiger charge is -2.42. The zero-order chi connectivity index (χ0) is 22.6. The van der Waals surface area contributed by atoms with Crippen molar-refractivity contribution >= 4 is 5.91 Å². The fourth-order valence-corrected chi connectivity index (χ4v) is 4.94. The third-order valence-electron chi connectivity index (χ3n) is 6.31. The van der Waals surface area contributed by atoms with Gasteiger partial charge in [-0.25, -0.2) is 13.2 Å². The maximum atomic E-state index is 15.1. The zero-order valence-electron chi connectivity index (χ0n) is 16.7. The van der Waals surface area contributed by atoms with Crippen LogP contribution in [0.4, 0.5) is 13.2 Å². The molecule has 9 heteroatoms. The number of benzene rings is 2. The van der Waals surface area contributed by atoms with E-state index < -0.39 is 52.5 Å². The lowest BCUT2D eigenvalue weighted by molar-refractivity contribution is 0.0564.